The van der Waals surface area contributed by atoms with E-state index in [-0.39, 0.29) is 17.3 Å². The van der Waals surface area contributed by atoms with Gasteiger partial charge in [-0.15, -0.1) is 11.3 Å². The molecule has 1 heterocycles. The molecule has 8 heteroatoms. The minimum atomic E-state index is -3.66. The Labute approximate surface area is 160 Å². The fourth-order valence-electron chi connectivity index (χ4n) is 2.89. The van der Waals surface area contributed by atoms with Crippen LogP contribution in [0.1, 0.15) is 22.7 Å². The van der Waals surface area contributed by atoms with Gasteiger partial charge in [-0.3, -0.25) is 10.0 Å². The van der Waals surface area contributed by atoms with Crippen molar-refractivity contribution in [2.45, 2.75) is 18.7 Å². The Kier molecular flexibility index (Phi) is 5.59. The molecule has 0 spiro atoms. The molecule has 0 bridgehead atoms. The molecule has 1 aromatic heterocycles. The molecular formula is C19H18FNO4S2. The van der Waals surface area contributed by atoms with Crippen molar-refractivity contribution < 1.29 is 22.8 Å². The van der Waals surface area contributed by atoms with E-state index in [4.69, 9.17) is 0 Å². The van der Waals surface area contributed by atoms with Gasteiger partial charge >= 0.3 is 0 Å². The van der Waals surface area contributed by atoms with Gasteiger partial charge in [0.25, 0.3) is 0 Å². The maximum absolute atomic E-state index is 13.3. The van der Waals surface area contributed by atoms with Gasteiger partial charge in [0.2, 0.25) is 6.41 Å². The van der Waals surface area contributed by atoms with Gasteiger partial charge in [0, 0.05) is 4.70 Å². The first-order chi connectivity index (χ1) is 12.8. The second kappa shape index (κ2) is 7.75. The minimum absolute atomic E-state index is 0.195. The van der Waals surface area contributed by atoms with E-state index in [2.05, 4.69) is 0 Å². The van der Waals surface area contributed by atoms with Crippen molar-refractivity contribution >= 4 is 37.7 Å². The van der Waals surface area contributed by atoms with E-state index in [0.29, 0.717) is 21.6 Å². The second-order valence-electron chi connectivity index (χ2n) is 6.39. The molecule has 1 amide bonds. The standard InChI is InChI=1S/C19H18FNO4S2/c1-13-2-5-15(6-3-13)17(21(23)12-22)11-27(24,25)10-14-4-7-18-16(8-14)9-19(20)26-18/h2-9,12,17,23H,10-11H2,1H3. The fourth-order valence-corrected chi connectivity index (χ4v) is 5.29. The van der Waals surface area contributed by atoms with Crippen molar-refractivity contribution in [1.29, 1.82) is 0 Å². The lowest BCUT2D eigenvalue weighted by atomic mass is 10.1. The summed E-state index contributed by atoms with van der Waals surface area (Å²) in [6.07, 6.45) is 0.195. The number of carbonyl (C=O) groups excluding carboxylic acids is 1. The SMILES string of the molecule is Cc1ccc(C(CS(=O)(=O)Cc2ccc3sc(F)cc3c2)N(O)C=O)cc1. The number of hydroxylamine groups is 2. The second-order valence-corrected chi connectivity index (χ2v) is 9.53. The molecule has 0 saturated carbocycles. The maximum Gasteiger partial charge on any atom is 0.233 e. The first-order valence-electron chi connectivity index (χ1n) is 8.15. The molecule has 27 heavy (non-hydrogen) atoms. The molecule has 0 aliphatic heterocycles. The minimum Gasteiger partial charge on any atom is -0.285 e. The number of hydrogen-bond donors (Lipinski definition) is 1. The highest BCUT2D eigenvalue weighted by Gasteiger charge is 2.26. The zero-order chi connectivity index (χ0) is 19.6. The third-order valence-electron chi connectivity index (χ3n) is 4.24. The van der Waals surface area contributed by atoms with Gasteiger partial charge in [-0.25, -0.2) is 13.5 Å². The van der Waals surface area contributed by atoms with Crippen molar-refractivity contribution in [2.75, 3.05) is 5.75 Å². The van der Waals surface area contributed by atoms with Crippen LogP contribution in [0.4, 0.5) is 4.39 Å². The number of nitrogens with zero attached hydrogens (tertiary/aromatic N) is 1. The Morgan fingerprint density at radius 1 is 1.19 bits per heavy atom. The van der Waals surface area contributed by atoms with E-state index in [1.54, 1.807) is 42.5 Å². The Morgan fingerprint density at radius 2 is 1.89 bits per heavy atom. The topological polar surface area (TPSA) is 74.7 Å². The monoisotopic (exact) mass is 407 g/mol. The number of carbonyl (C=O) groups is 1. The number of fused-ring (bicyclic) bond motifs is 1. The molecule has 0 saturated heterocycles. The molecule has 1 atom stereocenters. The molecule has 0 fully saturated rings. The maximum atomic E-state index is 13.3. The van der Waals surface area contributed by atoms with Crippen LogP contribution in [-0.2, 0) is 20.4 Å². The molecule has 3 aromatic rings. The van der Waals surface area contributed by atoms with Gasteiger partial charge in [-0.05, 0) is 41.6 Å². The number of sulfone groups is 1. The van der Waals surface area contributed by atoms with Crippen LogP contribution in [0.2, 0.25) is 0 Å². The Balaban J connectivity index is 1.84. The highest BCUT2D eigenvalue weighted by molar-refractivity contribution is 7.90. The summed E-state index contributed by atoms with van der Waals surface area (Å²) < 4.78 is 39.5. The van der Waals surface area contributed by atoms with Gasteiger partial charge in [0.15, 0.2) is 15.0 Å². The predicted octanol–water partition coefficient (Wildman–Crippen LogP) is 3.85. The van der Waals surface area contributed by atoms with Gasteiger partial charge in [-0.2, -0.15) is 4.39 Å². The first-order valence-corrected chi connectivity index (χ1v) is 10.8. The highest BCUT2D eigenvalue weighted by atomic mass is 32.2. The van der Waals surface area contributed by atoms with Gasteiger partial charge in [-0.1, -0.05) is 35.9 Å². The summed E-state index contributed by atoms with van der Waals surface area (Å²) in [5.74, 6) is -0.698. The van der Waals surface area contributed by atoms with E-state index in [1.165, 1.54) is 6.07 Å². The van der Waals surface area contributed by atoms with Crippen LogP contribution in [0.3, 0.4) is 0 Å². The van der Waals surface area contributed by atoms with Crippen molar-refractivity contribution in [3.63, 3.8) is 0 Å². The molecule has 1 unspecified atom stereocenters. The largest absolute Gasteiger partial charge is 0.285 e. The first kappa shape index (κ1) is 19.5. The third-order valence-corrected chi connectivity index (χ3v) is 6.74. The van der Waals surface area contributed by atoms with Crippen molar-refractivity contribution in [3.8, 4) is 0 Å². The van der Waals surface area contributed by atoms with E-state index in [1.807, 2.05) is 6.92 Å². The summed E-state index contributed by atoms with van der Waals surface area (Å²) in [5, 5.41) is 10.6. The van der Waals surface area contributed by atoms with Crippen LogP contribution in [-0.4, -0.2) is 30.9 Å². The number of halogens is 1. The summed E-state index contributed by atoms with van der Waals surface area (Å²) in [6.45, 7) is 1.88. The lowest BCUT2D eigenvalue weighted by molar-refractivity contribution is -0.158. The van der Waals surface area contributed by atoms with Crippen LogP contribution in [0.15, 0.2) is 48.5 Å². The highest BCUT2D eigenvalue weighted by Crippen LogP contribution is 2.27. The lowest BCUT2D eigenvalue weighted by Gasteiger charge is -2.23. The zero-order valence-corrected chi connectivity index (χ0v) is 16.1. The van der Waals surface area contributed by atoms with E-state index >= 15 is 0 Å². The molecule has 5 nitrogen and oxygen atoms in total. The molecule has 0 radical (unpaired) electrons. The summed E-state index contributed by atoms with van der Waals surface area (Å²) >= 11 is 1.00. The molecule has 142 valence electrons. The van der Waals surface area contributed by atoms with Crippen molar-refractivity contribution in [1.82, 2.24) is 5.06 Å². The average Bonchev–Trinajstić information content (AvgIpc) is 2.99. The van der Waals surface area contributed by atoms with Gasteiger partial charge in [0.05, 0.1) is 17.5 Å². The third kappa shape index (κ3) is 4.71. The fraction of sp³-hybridized carbons (Fsp3) is 0.211. The molecule has 3 rings (SSSR count). The van der Waals surface area contributed by atoms with E-state index in [9.17, 15) is 22.8 Å². The summed E-state index contributed by atoms with van der Waals surface area (Å²) in [7, 11) is -3.66. The molecule has 2 aromatic carbocycles. The summed E-state index contributed by atoms with van der Waals surface area (Å²) in [6, 6.07) is 12.3. The molecule has 0 aliphatic rings. The smallest absolute Gasteiger partial charge is 0.233 e. The van der Waals surface area contributed by atoms with Crippen LogP contribution in [0.25, 0.3) is 10.1 Å². The van der Waals surface area contributed by atoms with Crippen LogP contribution < -0.4 is 0 Å². The lowest BCUT2D eigenvalue weighted by Crippen LogP contribution is -2.30. The van der Waals surface area contributed by atoms with E-state index < -0.39 is 21.6 Å². The van der Waals surface area contributed by atoms with Crippen LogP contribution in [0.5, 0.6) is 0 Å². The summed E-state index contributed by atoms with van der Waals surface area (Å²) in [5.41, 5.74) is 2.03. The van der Waals surface area contributed by atoms with Crippen molar-refractivity contribution in [2.24, 2.45) is 0 Å². The molecule has 0 aliphatic carbocycles. The quantitative estimate of drug-likeness (QED) is 0.367. The zero-order valence-electron chi connectivity index (χ0n) is 14.5. The van der Waals surface area contributed by atoms with Crippen LogP contribution in [0, 0.1) is 12.1 Å². The normalized spacial score (nSPS) is 12.9. The van der Waals surface area contributed by atoms with Crippen molar-refractivity contribution in [3.05, 3.63) is 70.4 Å². The Morgan fingerprint density at radius 3 is 2.56 bits per heavy atom. The van der Waals surface area contributed by atoms with E-state index in [0.717, 1.165) is 21.6 Å². The number of amides is 1. The van der Waals surface area contributed by atoms with Gasteiger partial charge in [0.1, 0.15) is 0 Å². The molecular weight excluding hydrogens is 389 g/mol. The Bertz CT molecular complexity index is 1060. The molecule has 1 N–H and O–H groups in total. The Hall–Kier alpha value is -2.29. The predicted molar refractivity (Wildman–Crippen MR) is 103 cm³/mol. The average molecular weight is 407 g/mol. The summed E-state index contributed by atoms with van der Waals surface area (Å²) in [4.78, 5) is 11.0. The number of aryl methyl sites for hydroxylation is 1. The van der Waals surface area contributed by atoms with Gasteiger partial charge < -0.3 is 0 Å². The number of rotatable bonds is 7. The number of thiophene rings is 1. The van der Waals surface area contributed by atoms with Crippen LogP contribution >= 0.6 is 11.3 Å². The number of benzene rings is 2. The number of hydrogen-bond acceptors (Lipinski definition) is 5.